The lowest BCUT2D eigenvalue weighted by molar-refractivity contribution is 0.622. The molecule has 19 heavy (non-hydrogen) atoms. The van der Waals surface area contributed by atoms with Crippen LogP contribution in [0.1, 0.15) is 48.8 Å². The van der Waals surface area contributed by atoms with Crippen LogP contribution in [0, 0.1) is 0 Å². The van der Waals surface area contributed by atoms with E-state index in [0.717, 1.165) is 0 Å². The molecule has 0 nitrogen and oxygen atoms in total. The summed E-state index contributed by atoms with van der Waals surface area (Å²) in [5, 5.41) is 1.11. The summed E-state index contributed by atoms with van der Waals surface area (Å²) >= 11 is 0. The summed E-state index contributed by atoms with van der Waals surface area (Å²) in [7, 11) is 12.2. The van der Waals surface area contributed by atoms with Crippen molar-refractivity contribution in [3.05, 3.63) is 34.9 Å². The summed E-state index contributed by atoms with van der Waals surface area (Å²) in [5.41, 5.74) is 4.96. The Bertz CT molecular complexity index is 515. The lowest BCUT2D eigenvalue weighted by atomic mass is 9.44. The SMILES string of the molecule is BC1(B)CC(B)(B)c2c1cccc2C1(B)CCCC1. The summed E-state index contributed by atoms with van der Waals surface area (Å²) in [6, 6.07) is 7.11. The minimum Gasteiger partial charge on any atom is -0.0624 e. The Morgan fingerprint density at radius 2 is 1.37 bits per heavy atom. The van der Waals surface area contributed by atoms with Gasteiger partial charge in [0.05, 0.1) is 0 Å². The topological polar surface area (TPSA) is 0 Å². The van der Waals surface area contributed by atoms with Crippen LogP contribution in [0.5, 0.6) is 0 Å². The molecule has 3 rings (SSSR count). The molecule has 0 saturated heterocycles. The van der Waals surface area contributed by atoms with Crippen LogP contribution in [0.15, 0.2) is 18.2 Å². The van der Waals surface area contributed by atoms with E-state index < -0.39 is 0 Å². The zero-order chi connectivity index (χ0) is 13.9. The van der Waals surface area contributed by atoms with Gasteiger partial charge >= 0.3 is 0 Å². The predicted molar refractivity (Wildman–Crippen MR) is 97.3 cm³/mol. The minimum atomic E-state index is 0.334. The van der Waals surface area contributed by atoms with Gasteiger partial charge in [0.1, 0.15) is 39.2 Å². The molecule has 0 aromatic heterocycles. The Morgan fingerprint density at radius 1 is 0.789 bits per heavy atom. The highest BCUT2D eigenvalue weighted by atomic mass is 14.4. The third kappa shape index (κ3) is 1.96. The van der Waals surface area contributed by atoms with Crippen LogP contribution in [0.2, 0.25) is 0 Å². The van der Waals surface area contributed by atoms with Crippen molar-refractivity contribution in [2.45, 2.75) is 47.8 Å². The number of hydrogen-bond donors (Lipinski definition) is 0. The molecule has 0 amide bonds. The molecular weight excluding hydrogens is 222 g/mol. The highest BCUT2D eigenvalue weighted by Crippen LogP contribution is 2.50. The maximum Gasteiger partial charge on any atom is 0.115 e. The predicted octanol–water partition coefficient (Wildman–Crippen LogP) is -1.67. The van der Waals surface area contributed by atoms with E-state index in [2.05, 4.69) is 57.4 Å². The average molecular weight is 245 g/mol. The van der Waals surface area contributed by atoms with Crippen LogP contribution >= 0.6 is 0 Å². The average Bonchev–Trinajstić information content (AvgIpc) is 2.81. The van der Waals surface area contributed by atoms with Crippen LogP contribution < -0.4 is 0 Å². The smallest absolute Gasteiger partial charge is 0.0624 e. The molecule has 2 aliphatic rings. The van der Waals surface area contributed by atoms with Crippen molar-refractivity contribution in [3.63, 3.8) is 0 Å². The summed E-state index contributed by atoms with van der Waals surface area (Å²) in [6.07, 6.45) is 6.84. The molecule has 0 aliphatic heterocycles. The van der Waals surface area contributed by atoms with Gasteiger partial charge in [0.25, 0.3) is 0 Å². The number of benzene rings is 1. The molecule has 0 unspecified atom stereocenters. The highest BCUT2D eigenvalue weighted by molar-refractivity contribution is 6.47. The molecule has 1 saturated carbocycles. The monoisotopic (exact) mass is 246 g/mol. The fraction of sp³-hybridized carbons (Fsp3) is 0.571. The van der Waals surface area contributed by atoms with Gasteiger partial charge in [0, 0.05) is 0 Å². The van der Waals surface area contributed by atoms with E-state index >= 15 is 0 Å². The van der Waals surface area contributed by atoms with Gasteiger partial charge in [-0.3, -0.25) is 0 Å². The Morgan fingerprint density at radius 3 is 2.00 bits per heavy atom. The largest absolute Gasteiger partial charge is 0.115 e. The fourth-order valence-corrected chi connectivity index (χ4v) is 5.06. The fourth-order valence-electron chi connectivity index (χ4n) is 5.06. The molecule has 2 aliphatic carbocycles. The molecule has 0 atom stereocenters. The Balaban J connectivity index is 2.22. The van der Waals surface area contributed by atoms with E-state index in [1.807, 2.05) is 0 Å². The second-order valence-corrected chi connectivity index (χ2v) is 8.44. The van der Waals surface area contributed by atoms with Crippen molar-refractivity contribution < 1.29 is 0 Å². The van der Waals surface area contributed by atoms with Gasteiger partial charge in [-0.25, -0.2) is 0 Å². The first-order valence-electron chi connectivity index (χ1n) is 7.91. The van der Waals surface area contributed by atoms with E-state index in [1.165, 1.54) is 32.1 Å². The van der Waals surface area contributed by atoms with Crippen LogP contribution in [0.4, 0.5) is 0 Å². The van der Waals surface area contributed by atoms with Gasteiger partial charge in [-0.05, 0) is 10.9 Å². The van der Waals surface area contributed by atoms with Gasteiger partial charge in [0.15, 0.2) is 0 Å². The van der Waals surface area contributed by atoms with Gasteiger partial charge in [-0.1, -0.05) is 71.9 Å². The van der Waals surface area contributed by atoms with Crippen LogP contribution in [-0.4, -0.2) is 39.2 Å². The number of hydrogen-bond acceptors (Lipinski definition) is 0. The first-order valence-corrected chi connectivity index (χ1v) is 7.91. The third-order valence-electron chi connectivity index (χ3n) is 5.71. The molecule has 1 fully saturated rings. The molecule has 1 aromatic rings. The van der Waals surface area contributed by atoms with E-state index in [4.69, 9.17) is 0 Å². The third-order valence-corrected chi connectivity index (χ3v) is 5.71. The van der Waals surface area contributed by atoms with Gasteiger partial charge in [0.2, 0.25) is 0 Å². The van der Waals surface area contributed by atoms with E-state index in [9.17, 15) is 0 Å². The molecule has 94 valence electrons. The van der Waals surface area contributed by atoms with Crippen molar-refractivity contribution in [2.75, 3.05) is 0 Å². The highest BCUT2D eigenvalue weighted by Gasteiger charge is 2.45. The summed E-state index contributed by atoms with van der Waals surface area (Å²) in [6.45, 7) is 0. The van der Waals surface area contributed by atoms with Gasteiger partial charge in [-0.15, -0.1) is 0 Å². The lowest BCUT2D eigenvalue weighted by Gasteiger charge is -2.32. The van der Waals surface area contributed by atoms with Gasteiger partial charge < -0.3 is 0 Å². The normalized spacial score (nSPS) is 26.1. The Labute approximate surface area is 122 Å². The quantitative estimate of drug-likeness (QED) is 0.519. The van der Waals surface area contributed by atoms with Crippen molar-refractivity contribution in [3.8, 4) is 0 Å². The van der Waals surface area contributed by atoms with E-state index in [0.29, 0.717) is 15.7 Å². The molecule has 0 N–H and O–H groups in total. The maximum atomic E-state index is 2.50. The second-order valence-electron chi connectivity index (χ2n) is 8.44. The summed E-state index contributed by atoms with van der Waals surface area (Å²) < 4.78 is 0. The van der Waals surface area contributed by atoms with Crippen molar-refractivity contribution in [1.82, 2.24) is 0 Å². The molecule has 1 aromatic carbocycles. The maximum absolute atomic E-state index is 2.50. The zero-order valence-electron chi connectivity index (χ0n) is 13.3. The number of rotatable bonds is 1. The van der Waals surface area contributed by atoms with Crippen LogP contribution in [0.25, 0.3) is 0 Å². The second kappa shape index (κ2) is 4.02. The van der Waals surface area contributed by atoms with Gasteiger partial charge in [-0.2, -0.15) is 0 Å². The van der Waals surface area contributed by atoms with E-state index in [-0.39, 0.29) is 0 Å². The van der Waals surface area contributed by atoms with E-state index in [1.54, 1.807) is 16.7 Å². The molecule has 0 bridgehead atoms. The molecule has 0 spiro atoms. The minimum absolute atomic E-state index is 0.334. The summed E-state index contributed by atoms with van der Waals surface area (Å²) in [5.74, 6) is 0. The van der Waals surface area contributed by atoms with Crippen molar-refractivity contribution >= 4 is 39.2 Å². The van der Waals surface area contributed by atoms with Crippen LogP contribution in [-0.2, 0) is 15.7 Å². The number of fused-ring (bicyclic) bond motifs is 1. The standard InChI is InChI=1S/C14H23B5/c15-12(6-1-2-7-12)9-4-3-5-10-11(9)14(18,19)8-13(10,16)17/h3-5H,1-2,6-8,15-19H2. The van der Waals surface area contributed by atoms with Crippen molar-refractivity contribution in [2.24, 2.45) is 0 Å². The van der Waals surface area contributed by atoms with Crippen molar-refractivity contribution in [1.29, 1.82) is 0 Å². The van der Waals surface area contributed by atoms with Crippen LogP contribution in [0.3, 0.4) is 0 Å². The first kappa shape index (κ1) is 13.5. The first-order chi connectivity index (χ1) is 8.76. The Kier molecular flexibility index (Phi) is 2.86. The lowest BCUT2D eigenvalue weighted by Crippen LogP contribution is -2.32. The molecule has 5 heteroatoms. The Hall–Kier alpha value is -0.455. The molecule has 0 radical (unpaired) electrons. The zero-order valence-corrected chi connectivity index (χ0v) is 13.3. The molecule has 0 heterocycles. The summed E-state index contributed by atoms with van der Waals surface area (Å²) in [4.78, 5) is 0. The molecular formula is C14H23B5.